The van der Waals surface area contributed by atoms with Crippen LogP contribution in [-0.4, -0.2) is 29.8 Å². The van der Waals surface area contributed by atoms with Crippen LogP contribution in [0.15, 0.2) is 48.5 Å². The molecule has 6 nitrogen and oxygen atoms in total. The summed E-state index contributed by atoms with van der Waals surface area (Å²) in [4.78, 5) is 12.5. The zero-order valence-electron chi connectivity index (χ0n) is 18.9. The second-order valence-electron chi connectivity index (χ2n) is 9.02. The summed E-state index contributed by atoms with van der Waals surface area (Å²) in [7, 11) is 2.16. The molecule has 2 atom stereocenters. The SMILES string of the molecule is CC(OC(=O)Nc1ccc2c(c1)c1c(n2C)C(NC2CCNCC2)CC1)c1ccccc1. The number of nitrogens with zero attached hydrogens (tertiary/aromatic N) is 1. The molecule has 6 heteroatoms. The second-order valence-corrected chi connectivity index (χ2v) is 9.02. The van der Waals surface area contributed by atoms with Gasteiger partial charge in [0.1, 0.15) is 6.10 Å². The van der Waals surface area contributed by atoms with E-state index in [-0.39, 0.29) is 6.10 Å². The molecule has 32 heavy (non-hydrogen) atoms. The molecule has 3 N–H and O–H groups in total. The molecule has 2 unspecified atom stereocenters. The predicted octanol–water partition coefficient (Wildman–Crippen LogP) is 4.82. The molecule has 0 spiro atoms. The number of fused-ring (bicyclic) bond motifs is 3. The Labute approximate surface area is 189 Å². The predicted molar refractivity (Wildman–Crippen MR) is 128 cm³/mol. The lowest BCUT2D eigenvalue weighted by Gasteiger charge is -2.27. The highest BCUT2D eigenvalue weighted by atomic mass is 16.6. The third-order valence-corrected chi connectivity index (χ3v) is 6.94. The number of amides is 1. The van der Waals surface area contributed by atoms with Gasteiger partial charge in [-0.2, -0.15) is 0 Å². The third-order valence-electron chi connectivity index (χ3n) is 6.94. The largest absolute Gasteiger partial charge is 0.441 e. The Balaban J connectivity index is 1.32. The molecule has 0 saturated carbocycles. The Morgan fingerprint density at radius 3 is 2.69 bits per heavy atom. The minimum atomic E-state index is -0.432. The number of benzene rings is 2. The van der Waals surface area contributed by atoms with Gasteiger partial charge in [0.25, 0.3) is 0 Å². The van der Waals surface area contributed by atoms with Crippen LogP contribution >= 0.6 is 0 Å². The fourth-order valence-electron chi connectivity index (χ4n) is 5.29. The lowest BCUT2D eigenvalue weighted by Crippen LogP contribution is -2.41. The van der Waals surface area contributed by atoms with Gasteiger partial charge in [-0.1, -0.05) is 30.3 Å². The molecule has 1 aromatic heterocycles. The van der Waals surface area contributed by atoms with E-state index in [9.17, 15) is 4.79 Å². The number of aromatic nitrogens is 1. The summed E-state index contributed by atoms with van der Waals surface area (Å²) in [6.45, 7) is 4.08. The first-order valence-electron chi connectivity index (χ1n) is 11.7. The number of rotatable bonds is 5. The number of hydrogen-bond acceptors (Lipinski definition) is 4. The molecule has 0 bridgehead atoms. The first-order valence-corrected chi connectivity index (χ1v) is 11.7. The number of ether oxygens (including phenoxy) is 1. The smallest absolute Gasteiger partial charge is 0.412 e. The Hall–Kier alpha value is -2.83. The molecule has 1 amide bonds. The van der Waals surface area contributed by atoms with Crippen LogP contribution in [0.3, 0.4) is 0 Å². The molecule has 2 heterocycles. The quantitative estimate of drug-likeness (QED) is 0.541. The maximum atomic E-state index is 12.5. The van der Waals surface area contributed by atoms with E-state index in [4.69, 9.17) is 4.74 Å². The summed E-state index contributed by atoms with van der Waals surface area (Å²) in [5.41, 5.74) is 5.76. The summed E-state index contributed by atoms with van der Waals surface area (Å²) in [5, 5.41) is 11.5. The molecule has 168 valence electrons. The molecular weight excluding hydrogens is 400 g/mol. The van der Waals surface area contributed by atoms with Crippen molar-refractivity contribution in [3.63, 3.8) is 0 Å². The van der Waals surface area contributed by atoms with Crippen molar-refractivity contribution in [2.75, 3.05) is 18.4 Å². The van der Waals surface area contributed by atoms with Crippen LogP contribution in [-0.2, 0) is 18.2 Å². The van der Waals surface area contributed by atoms with Crippen molar-refractivity contribution >= 4 is 22.7 Å². The highest BCUT2D eigenvalue weighted by Crippen LogP contribution is 2.39. The van der Waals surface area contributed by atoms with Gasteiger partial charge in [-0.05, 0) is 75.0 Å². The number of anilines is 1. The number of aryl methyl sites for hydroxylation is 2. The van der Waals surface area contributed by atoms with Crippen LogP contribution < -0.4 is 16.0 Å². The van der Waals surface area contributed by atoms with E-state index in [1.165, 1.54) is 35.0 Å². The average Bonchev–Trinajstić information content (AvgIpc) is 3.34. The van der Waals surface area contributed by atoms with Crippen LogP contribution in [0.2, 0.25) is 0 Å². The highest BCUT2D eigenvalue weighted by Gasteiger charge is 2.30. The van der Waals surface area contributed by atoms with Crippen LogP contribution in [0.25, 0.3) is 10.9 Å². The van der Waals surface area contributed by atoms with Gasteiger partial charge < -0.3 is 19.9 Å². The zero-order valence-corrected chi connectivity index (χ0v) is 18.9. The van der Waals surface area contributed by atoms with Gasteiger partial charge in [0.05, 0.1) is 0 Å². The average molecular weight is 433 g/mol. The second kappa shape index (κ2) is 8.96. The maximum absolute atomic E-state index is 12.5. The Bertz CT molecular complexity index is 1100. The van der Waals surface area contributed by atoms with Crippen molar-refractivity contribution in [1.29, 1.82) is 0 Å². The molecule has 5 rings (SSSR count). The fourth-order valence-corrected chi connectivity index (χ4v) is 5.29. The topological polar surface area (TPSA) is 67.3 Å². The van der Waals surface area contributed by atoms with Gasteiger partial charge in [-0.15, -0.1) is 0 Å². The van der Waals surface area contributed by atoms with Crippen molar-refractivity contribution in [3.05, 3.63) is 65.4 Å². The maximum Gasteiger partial charge on any atom is 0.412 e. The molecular formula is C26H32N4O2. The Morgan fingerprint density at radius 2 is 1.91 bits per heavy atom. The molecule has 1 aliphatic carbocycles. The molecule has 0 radical (unpaired) electrons. The van der Waals surface area contributed by atoms with Gasteiger partial charge in [0, 0.05) is 41.4 Å². The summed E-state index contributed by atoms with van der Waals surface area (Å²) in [6.07, 6.45) is 3.84. The van der Waals surface area contributed by atoms with Crippen molar-refractivity contribution in [2.24, 2.45) is 7.05 Å². The standard InChI is InChI=1S/C26H32N4O2/c1-17(18-6-4-3-5-7-18)32-26(31)29-20-8-11-24-22(16-20)21-9-10-23(25(21)30(24)2)28-19-12-14-27-15-13-19/h3-8,11,16-17,19,23,27-28H,9-10,12-15H2,1-2H3,(H,29,31). The van der Waals surface area contributed by atoms with E-state index in [0.717, 1.165) is 37.2 Å². The Kier molecular flexibility index (Phi) is 5.89. The lowest BCUT2D eigenvalue weighted by molar-refractivity contribution is 0.121. The van der Waals surface area contributed by atoms with Crippen molar-refractivity contribution in [1.82, 2.24) is 15.2 Å². The van der Waals surface area contributed by atoms with Gasteiger partial charge >= 0.3 is 6.09 Å². The van der Waals surface area contributed by atoms with Crippen molar-refractivity contribution in [2.45, 2.75) is 50.8 Å². The van der Waals surface area contributed by atoms with Gasteiger partial charge in [-0.25, -0.2) is 4.79 Å². The van der Waals surface area contributed by atoms with Crippen LogP contribution in [0.4, 0.5) is 10.5 Å². The molecule has 2 aliphatic rings. The Morgan fingerprint density at radius 1 is 1.12 bits per heavy atom. The van der Waals surface area contributed by atoms with E-state index in [2.05, 4.69) is 39.7 Å². The molecule has 3 aromatic rings. The van der Waals surface area contributed by atoms with E-state index in [1.807, 2.05) is 43.3 Å². The fraction of sp³-hybridized carbons (Fsp3) is 0.423. The third kappa shape index (κ3) is 4.12. The van der Waals surface area contributed by atoms with Gasteiger partial charge in [0.2, 0.25) is 0 Å². The zero-order chi connectivity index (χ0) is 22.1. The van der Waals surface area contributed by atoms with E-state index < -0.39 is 6.09 Å². The molecule has 2 aromatic carbocycles. The van der Waals surface area contributed by atoms with Gasteiger partial charge in [0.15, 0.2) is 0 Å². The number of piperidine rings is 1. The summed E-state index contributed by atoms with van der Waals surface area (Å²) < 4.78 is 7.91. The summed E-state index contributed by atoms with van der Waals surface area (Å²) in [6, 6.07) is 16.9. The van der Waals surface area contributed by atoms with Crippen LogP contribution in [0, 0.1) is 0 Å². The minimum Gasteiger partial charge on any atom is -0.441 e. The highest BCUT2D eigenvalue weighted by molar-refractivity contribution is 5.93. The van der Waals surface area contributed by atoms with E-state index in [0.29, 0.717) is 12.1 Å². The van der Waals surface area contributed by atoms with Crippen molar-refractivity contribution in [3.8, 4) is 0 Å². The summed E-state index contributed by atoms with van der Waals surface area (Å²) in [5.74, 6) is 0. The van der Waals surface area contributed by atoms with Crippen LogP contribution in [0.1, 0.15) is 55.2 Å². The monoisotopic (exact) mass is 432 g/mol. The summed E-state index contributed by atoms with van der Waals surface area (Å²) >= 11 is 0. The van der Waals surface area contributed by atoms with E-state index in [1.54, 1.807) is 0 Å². The first kappa shape index (κ1) is 21.0. The van der Waals surface area contributed by atoms with Crippen LogP contribution in [0.5, 0.6) is 0 Å². The normalized spacial score (nSPS) is 19.6. The van der Waals surface area contributed by atoms with Crippen molar-refractivity contribution < 1.29 is 9.53 Å². The number of hydrogen-bond donors (Lipinski definition) is 3. The molecule has 1 fully saturated rings. The number of carbonyl (C=O) groups excluding carboxylic acids is 1. The number of nitrogens with one attached hydrogen (secondary N) is 3. The number of carbonyl (C=O) groups is 1. The van der Waals surface area contributed by atoms with E-state index >= 15 is 0 Å². The van der Waals surface area contributed by atoms with Gasteiger partial charge in [-0.3, -0.25) is 5.32 Å². The molecule has 1 aliphatic heterocycles. The minimum absolute atomic E-state index is 0.303. The molecule has 1 saturated heterocycles. The lowest BCUT2D eigenvalue weighted by atomic mass is 10.0. The first-order chi connectivity index (χ1) is 15.6.